The molecule has 0 saturated heterocycles. The molecule has 0 fully saturated rings. The Morgan fingerprint density at radius 1 is 1.10 bits per heavy atom. The molecule has 0 radical (unpaired) electrons. The summed E-state index contributed by atoms with van der Waals surface area (Å²) in [6, 6.07) is 16.4. The molecule has 3 aromatic rings. The molecular formula is C18H17FN2. The Balaban J connectivity index is 1.99. The molecule has 1 unspecified atom stereocenters. The second kappa shape index (κ2) is 5.62. The number of halogens is 1. The van der Waals surface area contributed by atoms with Crippen LogP contribution in [0.25, 0.3) is 10.9 Å². The smallest absolute Gasteiger partial charge is 0.123 e. The van der Waals surface area contributed by atoms with Crippen molar-refractivity contribution in [2.75, 3.05) is 0 Å². The van der Waals surface area contributed by atoms with Gasteiger partial charge in [-0.1, -0.05) is 30.3 Å². The number of nitrogens with two attached hydrogens (primary N) is 1. The highest BCUT2D eigenvalue weighted by Gasteiger charge is 2.12. The van der Waals surface area contributed by atoms with Crippen molar-refractivity contribution in [2.24, 2.45) is 5.73 Å². The SMILES string of the molecule is Cc1cc(C(N)Cc2cccc(F)c2)c2ccccc2n1. The average molecular weight is 280 g/mol. The molecule has 0 aliphatic carbocycles. The topological polar surface area (TPSA) is 38.9 Å². The van der Waals surface area contributed by atoms with Crippen molar-refractivity contribution in [3.8, 4) is 0 Å². The fourth-order valence-electron chi connectivity index (χ4n) is 2.67. The summed E-state index contributed by atoms with van der Waals surface area (Å²) in [6.45, 7) is 1.96. The van der Waals surface area contributed by atoms with E-state index in [2.05, 4.69) is 4.98 Å². The molecule has 2 N–H and O–H groups in total. The lowest BCUT2D eigenvalue weighted by molar-refractivity contribution is 0.622. The Labute approximate surface area is 123 Å². The molecule has 1 atom stereocenters. The molecule has 0 saturated carbocycles. The van der Waals surface area contributed by atoms with Gasteiger partial charge in [0.25, 0.3) is 0 Å². The van der Waals surface area contributed by atoms with Gasteiger partial charge in [-0.25, -0.2) is 4.39 Å². The summed E-state index contributed by atoms with van der Waals surface area (Å²) in [5.74, 6) is -0.226. The maximum absolute atomic E-state index is 13.3. The number of pyridine rings is 1. The number of aromatic nitrogens is 1. The Kier molecular flexibility index (Phi) is 3.67. The second-order valence-electron chi connectivity index (χ2n) is 5.31. The Hall–Kier alpha value is -2.26. The minimum Gasteiger partial charge on any atom is -0.324 e. The van der Waals surface area contributed by atoms with Crippen LogP contribution in [0.4, 0.5) is 4.39 Å². The molecule has 2 nitrogen and oxygen atoms in total. The second-order valence-corrected chi connectivity index (χ2v) is 5.31. The Bertz CT molecular complexity index is 783. The summed E-state index contributed by atoms with van der Waals surface area (Å²) in [5, 5.41) is 1.06. The molecule has 2 aromatic carbocycles. The normalized spacial score (nSPS) is 12.5. The van der Waals surface area contributed by atoms with Crippen molar-refractivity contribution in [3.05, 3.63) is 77.2 Å². The molecule has 1 aromatic heterocycles. The maximum atomic E-state index is 13.3. The van der Waals surface area contributed by atoms with Crippen LogP contribution in [-0.4, -0.2) is 4.98 Å². The van der Waals surface area contributed by atoms with Gasteiger partial charge in [-0.15, -0.1) is 0 Å². The highest BCUT2D eigenvalue weighted by molar-refractivity contribution is 5.82. The van der Waals surface area contributed by atoms with Crippen LogP contribution in [0.2, 0.25) is 0 Å². The fourth-order valence-corrected chi connectivity index (χ4v) is 2.67. The van der Waals surface area contributed by atoms with E-state index in [-0.39, 0.29) is 11.9 Å². The van der Waals surface area contributed by atoms with Crippen LogP contribution in [0.5, 0.6) is 0 Å². The van der Waals surface area contributed by atoms with Crippen molar-refractivity contribution >= 4 is 10.9 Å². The first kappa shape index (κ1) is 13.7. The van der Waals surface area contributed by atoms with Crippen LogP contribution >= 0.6 is 0 Å². The molecule has 3 heteroatoms. The molecular weight excluding hydrogens is 263 g/mol. The fraction of sp³-hybridized carbons (Fsp3) is 0.167. The van der Waals surface area contributed by atoms with E-state index in [1.54, 1.807) is 6.07 Å². The number of nitrogens with zero attached hydrogens (tertiary/aromatic N) is 1. The zero-order valence-corrected chi connectivity index (χ0v) is 11.9. The molecule has 0 spiro atoms. The van der Waals surface area contributed by atoms with Crippen LogP contribution in [0.1, 0.15) is 22.9 Å². The lowest BCUT2D eigenvalue weighted by atomic mass is 9.96. The highest BCUT2D eigenvalue weighted by atomic mass is 19.1. The molecule has 0 aliphatic heterocycles. The zero-order valence-electron chi connectivity index (χ0n) is 11.9. The van der Waals surface area contributed by atoms with Crippen LogP contribution in [0.3, 0.4) is 0 Å². The highest BCUT2D eigenvalue weighted by Crippen LogP contribution is 2.25. The third-order valence-corrected chi connectivity index (χ3v) is 3.62. The first-order chi connectivity index (χ1) is 10.1. The number of aryl methyl sites for hydroxylation is 1. The van der Waals surface area contributed by atoms with Crippen LogP contribution in [0.15, 0.2) is 54.6 Å². The van der Waals surface area contributed by atoms with Gasteiger partial charge in [0, 0.05) is 17.1 Å². The molecule has 0 aliphatic rings. The number of para-hydroxylation sites is 1. The molecule has 1 heterocycles. The summed E-state index contributed by atoms with van der Waals surface area (Å²) in [4.78, 5) is 4.52. The summed E-state index contributed by atoms with van der Waals surface area (Å²) < 4.78 is 13.3. The quantitative estimate of drug-likeness (QED) is 0.789. The van der Waals surface area contributed by atoms with Crippen molar-refractivity contribution < 1.29 is 4.39 Å². The summed E-state index contributed by atoms with van der Waals surface area (Å²) in [6.07, 6.45) is 0.602. The van der Waals surface area contributed by atoms with E-state index >= 15 is 0 Å². The first-order valence-electron chi connectivity index (χ1n) is 7.00. The average Bonchev–Trinajstić information content (AvgIpc) is 2.46. The van der Waals surface area contributed by atoms with E-state index < -0.39 is 0 Å². The molecule has 106 valence electrons. The summed E-state index contributed by atoms with van der Waals surface area (Å²) in [5.41, 5.74) is 10.2. The van der Waals surface area contributed by atoms with Gasteiger partial charge >= 0.3 is 0 Å². The van der Waals surface area contributed by atoms with E-state index in [1.165, 1.54) is 12.1 Å². The predicted molar refractivity (Wildman–Crippen MR) is 83.5 cm³/mol. The molecule has 0 bridgehead atoms. The summed E-state index contributed by atoms with van der Waals surface area (Å²) in [7, 11) is 0. The van der Waals surface area contributed by atoms with Crippen LogP contribution in [-0.2, 0) is 6.42 Å². The number of rotatable bonds is 3. The number of hydrogen-bond acceptors (Lipinski definition) is 2. The van der Waals surface area contributed by atoms with Crippen LogP contribution < -0.4 is 5.73 Å². The Morgan fingerprint density at radius 2 is 1.90 bits per heavy atom. The van der Waals surface area contributed by atoms with Crippen molar-refractivity contribution in [3.63, 3.8) is 0 Å². The Morgan fingerprint density at radius 3 is 2.71 bits per heavy atom. The first-order valence-corrected chi connectivity index (χ1v) is 7.00. The standard InChI is InChI=1S/C18H17FN2/c1-12-9-16(15-7-2-3-8-18(15)21-12)17(20)11-13-5-4-6-14(19)10-13/h2-10,17H,11,20H2,1H3. The number of hydrogen-bond donors (Lipinski definition) is 1. The van der Waals surface area contributed by atoms with Gasteiger partial charge in [0.05, 0.1) is 5.52 Å². The minimum absolute atomic E-state index is 0.182. The van der Waals surface area contributed by atoms with Crippen molar-refractivity contribution in [2.45, 2.75) is 19.4 Å². The van der Waals surface area contributed by atoms with Crippen molar-refractivity contribution in [1.82, 2.24) is 4.98 Å². The third kappa shape index (κ3) is 2.93. The lowest BCUT2D eigenvalue weighted by Gasteiger charge is -2.15. The van der Waals surface area contributed by atoms with Gasteiger partial charge in [-0.3, -0.25) is 4.98 Å². The van der Waals surface area contributed by atoms with Gasteiger partial charge in [0.2, 0.25) is 0 Å². The lowest BCUT2D eigenvalue weighted by Crippen LogP contribution is -2.14. The van der Waals surface area contributed by atoms with Gasteiger partial charge in [0.1, 0.15) is 5.82 Å². The van der Waals surface area contributed by atoms with E-state index in [9.17, 15) is 4.39 Å². The maximum Gasteiger partial charge on any atom is 0.123 e. The molecule has 3 rings (SSSR count). The largest absolute Gasteiger partial charge is 0.324 e. The van der Waals surface area contributed by atoms with Gasteiger partial charge in [0.15, 0.2) is 0 Å². The van der Waals surface area contributed by atoms with E-state index in [0.717, 1.165) is 27.7 Å². The van der Waals surface area contributed by atoms with Gasteiger partial charge in [-0.2, -0.15) is 0 Å². The van der Waals surface area contributed by atoms with E-state index in [0.29, 0.717) is 6.42 Å². The zero-order chi connectivity index (χ0) is 14.8. The number of fused-ring (bicyclic) bond motifs is 1. The molecule has 21 heavy (non-hydrogen) atoms. The summed E-state index contributed by atoms with van der Waals surface area (Å²) >= 11 is 0. The van der Waals surface area contributed by atoms with E-state index in [4.69, 9.17) is 5.73 Å². The monoisotopic (exact) mass is 280 g/mol. The third-order valence-electron chi connectivity index (χ3n) is 3.62. The number of benzene rings is 2. The van der Waals surface area contributed by atoms with E-state index in [1.807, 2.05) is 43.3 Å². The minimum atomic E-state index is -0.226. The van der Waals surface area contributed by atoms with Gasteiger partial charge in [-0.05, 0) is 48.7 Å². The van der Waals surface area contributed by atoms with Crippen molar-refractivity contribution in [1.29, 1.82) is 0 Å². The predicted octanol–water partition coefficient (Wildman–Crippen LogP) is 3.92. The van der Waals surface area contributed by atoms with Crippen LogP contribution in [0, 0.1) is 12.7 Å². The van der Waals surface area contributed by atoms with Gasteiger partial charge < -0.3 is 5.73 Å². The molecule has 0 amide bonds.